The maximum absolute atomic E-state index is 3.73. The van der Waals surface area contributed by atoms with Gasteiger partial charge in [0.2, 0.25) is 0 Å². The fraction of sp³-hybridized carbons (Fsp3) is 0.600. The number of allylic oxidation sites excluding steroid dienone is 1. The number of nitrogens with zero attached hydrogens (tertiary/aromatic N) is 1. The van der Waals surface area contributed by atoms with E-state index in [1.807, 2.05) is 6.08 Å². The normalized spacial score (nSPS) is 24.0. The van der Waals surface area contributed by atoms with Crippen LogP contribution in [-0.4, -0.2) is 24.5 Å². The molecule has 0 aliphatic heterocycles. The molecule has 0 amide bonds. The van der Waals surface area contributed by atoms with Crippen LogP contribution in [0.5, 0.6) is 0 Å². The molecule has 0 saturated carbocycles. The monoisotopic (exact) mass is 151 g/mol. The van der Waals surface area contributed by atoms with Crippen LogP contribution < -0.4 is 0 Å². The maximum Gasteiger partial charge on any atom is 0.0278 e. The van der Waals surface area contributed by atoms with E-state index in [4.69, 9.17) is 0 Å². The highest BCUT2D eigenvalue weighted by molar-refractivity contribution is 4.98. The first-order valence-electron chi connectivity index (χ1n) is 4.32. The summed E-state index contributed by atoms with van der Waals surface area (Å²) in [6, 6.07) is 0.654. The Kier molecular flexibility index (Phi) is 3.37. The summed E-state index contributed by atoms with van der Waals surface area (Å²) in [5, 5.41) is 0. The lowest BCUT2D eigenvalue weighted by molar-refractivity contribution is 0.288. The van der Waals surface area contributed by atoms with Gasteiger partial charge < -0.3 is 0 Å². The van der Waals surface area contributed by atoms with Crippen molar-refractivity contribution >= 4 is 0 Å². The molecule has 0 bridgehead atoms. The van der Waals surface area contributed by atoms with E-state index in [1.54, 1.807) is 0 Å². The van der Waals surface area contributed by atoms with E-state index in [9.17, 15) is 0 Å². The van der Waals surface area contributed by atoms with Crippen LogP contribution in [0.15, 0.2) is 24.8 Å². The number of rotatable bonds is 3. The van der Waals surface area contributed by atoms with Gasteiger partial charge in [0.15, 0.2) is 0 Å². The number of hydrogen-bond donors (Lipinski definition) is 0. The second-order valence-electron chi connectivity index (χ2n) is 3.15. The summed E-state index contributed by atoms with van der Waals surface area (Å²) in [5.41, 5.74) is 0. The Morgan fingerprint density at radius 1 is 1.73 bits per heavy atom. The predicted octanol–water partition coefficient (Wildman–Crippen LogP) is 2.21. The van der Waals surface area contributed by atoms with Gasteiger partial charge in [-0.1, -0.05) is 18.2 Å². The molecular formula is C10H17N. The molecule has 0 heterocycles. The molecule has 0 radical (unpaired) electrons. The van der Waals surface area contributed by atoms with Crippen LogP contribution in [0, 0.1) is 0 Å². The molecule has 0 saturated heterocycles. The van der Waals surface area contributed by atoms with Crippen molar-refractivity contribution < 1.29 is 0 Å². The minimum absolute atomic E-state index is 0.654. The topological polar surface area (TPSA) is 3.24 Å². The second-order valence-corrected chi connectivity index (χ2v) is 3.15. The molecule has 1 atom stereocenters. The summed E-state index contributed by atoms with van der Waals surface area (Å²) in [6.07, 6.45) is 10.5. The Morgan fingerprint density at radius 3 is 3.09 bits per heavy atom. The van der Waals surface area contributed by atoms with Gasteiger partial charge in [0.1, 0.15) is 0 Å². The first kappa shape index (κ1) is 8.54. The molecule has 1 unspecified atom stereocenters. The average Bonchev–Trinajstić information content (AvgIpc) is 2.07. The summed E-state index contributed by atoms with van der Waals surface area (Å²) in [4.78, 5) is 2.34. The smallest absolute Gasteiger partial charge is 0.0278 e. The SMILES string of the molecule is C=CCN(C)C1C=CCCC1. The molecular weight excluding hydrogens is 134 g/mol. The van der Waals surface area contributed by atoms with Gasteiger partial charge in [0, 0.05) is 12.6 Å². The van der Waals surface area contributed by atoms with Crippen molar-refractivity contribution in [2.75, 3.05) is 13.6 Å². The van der Waals surface area contributed by atoms with E-state index in [2.05, 4.69) is 30.7 Å². The van der Waals surface area contributed by atoms with Crippen LogP contribution in [0.25, 0.3) is 0 Å². The van der Waals surface area contributed by atoms with Crippen molar-refractivity contribution in [2.45, 2.75) is 25.3 Å². The zero-order valence-corrected chi connectivity index (χ0v) is 7.29. The average molecular weight is 151 g/mol. The molecule has 1 aliphatic rings. The minimum Gasteiger partial charge on any atom is -0.296 e. The molecule has 0 spiro atoms. The van der Waals surface area contributed by atoms with Crippen molar-refractivity contribution in [3.63, 3.8) is 0 Å². The van der Waals surface area contributed by atoms with Crippen LogP contribution in [0.2, 0.25) is 0 Å². The predicted molar refractivity (Wildman–Crippen MR) is 49.6 cm³/mol. The van der Waals surface area contributed by atoms with Crippen LogP contribution >= 0.6 is 0 Å². The van der Waals surface area contributed by atoms with Crippen molar-refractivity contribution in [1.82, 2.24) is 4.90 Å². The molecule has 0 aromatic heterocycles. The van der Waals surface area contributed by atoms with Crippen molar-refractivity contribution in [2.24, 2.45) is 0 Å². The lowest BCUT2D eigenvalue weighted by Gasteiger charge is -2.26. The van der Waals surface area contributed by atoms with Gasteiger partial charge in [0.25, 0.3) is 0 Å². The van der Waals surface area contributed by atoms with Crippen molar-refractivity contribution in [3.8, 4) is 0 Å². The first-order valence-corrected chi connectivity index (χ1v) is 4.32. The molecule has 62 valence electrons. The van der Waals surface area contributed by atoms with Gasteiger partial charge in [-0.05, 0) is 26.3 Å². The van der Waals surface area contributed by atoms with Gasteiger partial charge in [-0.15, -0.1) is 6.58 Å². The third-order valence-corrected chi connectivity index (χ3v) is 2.21. The lowest BCUT2D eigenvalue weighted by atomic mass is 10.0. The van der Waals surface area contributed by atoms with Crippen LogP contribution in [0.4, 0.5) is 0 Å². The Morgan fingerprint density at radius 2 is 2.55 bits per heavy atom. The van der Waals surface area contributed by atoms with E-state index in [-0.39, 0.29) is 0 Å². The number of likely N-dealkylation sites (N-methyl/N-ethyl adjacent to an activating group) is 1. The molecule has 0 N–H and O–H groups in total. The quantitative estimate of drug-likeness (QED) is 0.559. The fourth-order valence-corrected chi connectivity index (χ4v) is 1.50. The van der Waals surface area contributed by atoms with Crippen LogP contribution in [0.1, 0.15) is 19.3 Å². The van der Waals surface area contributed by atoms with Crippen LogP contribution in [-0.2, 0) is 0 Å². The second kappa shape index (κ2) is 4.35. The largest absolute Gasteiger partial charge is 0.296 e. The maximum atomic E-state index is 3.73. The zero-order valence-electron chi connectivity index (χ0n) is 7.29. The Balaban J connectivity index is 2.38. The fourth-order valence-electron chi connectivity index (χ4n) is 1.50. The standard InChI is InChI=1S/C10H17N/c1-3-9-11(2)10-7-5-4-6-8-10/h3,5,7,10H,1,4,6,8-9H2,2H3. The lowest BCUT2D eigenvalue weighted by Crippen LogP contribution is -2.31. The Labute approximate surface area is 69.4 Å². The highest BCUT2D eigenvalue weighted by atomic mass is 15.1. The summed E-state index contributed by atoms with van der Waals surface area (Å²) >= 11 is 0. The minimum atomic E-state index is 0.654. The van der Waals surface area contributed by atoms with Gasteiger partial charge >= 0.3 is 0 Å². The van der Waals surface area contributed by atoms with E-state index in [0.29, 0.717) is 6.04 Å². The summed E-state index contributed by atoms with van der Waals surface area (Å²) < 4.78 is 0. The summed E-state index contributed by atoms with van der Waals surface area (Å²) in [6.45, 7) is 4.72. The summed E-state index contributed by atoms with van der Waals surface area (Å²) in [5.74, 6) is 0. The van der Waals surface area contributed by atoms with E-state index >= 15 is 0 Å². The van der Waals surface area contributed by atoms with E-state index in [1.165, 1.54) is 19.3 Å². The van der Waals surface area contributed by atoms with Gasteiger partial charge in [-0.25, -0.2) is 0 Å². The van der Waals surface area contributed by atoms with Gasteiger partial charge in [-0.3, -0.25) is 4.90 Å². The molecule has 0 aromatic rings. The molecule has 1 heteroatoms. The molecule has 1 aliphatic carbocycles. The molecule has 0 aromatic carbocycles. The van der Waals surface area contributed by atoms with Crippen molar-refractivity contribution in [1.29, 1.82) is 0 Å². The molecule has 1 nitrogen and oxygen atoms in total. The zero-order chi connectivity index (χ0) is 8.10. The van der Waals surface area contributed by atoms with Gasteiger partial charge in [-0.2, -0.15) is 0 Å². The number of hydrogen-bond acceptors (Lipinski definition) is 1. The Hall–Kier alpha value is -0.560. The first-order chi connectivity index (χ1) is 5.34. The van der Waals surface area contributed by atoms with E-state index < -0.39 is 0 Å². The van der Waals surface area contributed by atoms with Crippen LogP contribution in [0.3, 0.4) is 0 Å². The molecule has 1 rings (SSSR count). The highest BCUT2D eigenvalue weighted by Crippen LogP contribution is 2.14. The third-order valence-electron chi connectivity index (χ3n) is 2.21. The van der Waals surface area contributed by atoms with Crippen molar-refractivity contribution in [3.05, 3.63) is 24.8 Å². The Bertz CT molecular complexity index is 149. The van der Waals surface area contributed by atoms with E-state index in [0.717, 1.165) is 6.54 Å². The highest BCUT2D eigenvalue weighted by Gasteiger charge is 2.11. The molecule has 0 fully saturated rings. The van der Waals surface area contributed by atoms with Gasteiger partial charge in [0.05, 0.1) is 0 Å². The third kappa shape index (κ3) is 2.51. The molecule has 11 heavy (non-hydrogen) atoms. The summed E-state index contributed by atoms with van der Waals surface area (Å²) in [7, 11) is 2.15.